The molecule has 128 valence electrons. The molecule has 0 aromatic carbocycles. The number of hydrogen-bond acceptors (Lipinski definition) is 6. The summed E-state index contributed by atoms with van der Waals surface area (Å²) in [6.45, 7) is 7.39. The molecule has 24 heavy (non-hydrogen) atoms. The number of aromatic nitrogens is 3. The number of carbonyl (C=O) groups is 2. The summed E-state index contributed by atoms with van der Waals surface area (Å²) in [5.41, 5.74) is 7.67. The second-order valence-electron chi connectivity index (χ2n) is 5.37. The van der Waals surface area contributed by atoms with E-state index in [9.17, 15) is 9.59 Å². The third-order valence-corrected chi connectivity index (χ3v) is 4.33. The van der Waals surface area contributed by atoms with Gasteiger partial charge in [0.15, 0.2) is 11.0 Å². The molecule has 0 bridgehead atoms. The fraction of sp³-hybridized carbons (Fsp3) is 0.400. The number of nitrogens with one attached hydrogen (secondary N) is 2. The Kier molecular flexibility index (Phi) is 5.45. The van der Waals surface area contributed by atoms with Gasteiger partial charge in [0.1, 0.15) is 6.04 Å². The van der Waals surface area contributed by atoms with Crippen molar-refractivity contribution in [3.8, 4) is 10.7 Å². The number of hydrogen-bond donors (Lipinski definition) is 3. The normalized spacial score (nSPS) is 11.8. The Hall–Kier alpha value is -2.55. The van der Waals surface area contributed by atoms with Crippen LogP contribution in [0.1, 0.15) is 30.4 Å². The first-order valence-electron chi connectivity index (χ1n) is 7.47. The number of anilines is 1. The molecule has 0 aliphatic rings. The van der Waals surface area contributed by atoms with Crippen LogP contribution in [-0.2, 0) is 4.79 Å². The van der Waals surface area contributed by atoms with Gasteiger partial charge in [0.2, 0.25) is 5.91 Å². The van der Waals surface area contributed by atoms with Gasteiger partial charge in [-0.1, -0.05) is 18.3 Å². The third-order valence-electron chi connectivity index (χ3n) is 3.26. The largest absolute Gasteiger partial charge is 0.368 e. The average molecular weight is 348 g/mol. The standard InChI is InChI=1S/C15H20N6O2S/c1-5-10(12(16)22)20-14(23)21-15-19-9(4)11(24-15)13-17-7(2)6-8(3)18-13/h6,10H,5H2,1-4H3,(H2,16,22)(H2,19,20,21,23). The lowest BCUT2D eigenvalue weighted by molar-refractivity contribution is -0.119. The van der Waals surface area contributed by atoms with Crippen molar-refractivity contribution < 1.29 is 9.59 Å². The summed E-state index contributed by atoms with van der Waals surface area (Å²) in [6.07, 6.45) is 0.418. The Balaban J connectivity index is 2.17. The number of nitrogens with zero attached hydrogens (tertiary/aromatic N) is 3. The molecule has 0 saturated carbocycles. The van der Waals surface area contributed by atoms with Crippen molar-refractivity contribution in [3.05, 3.63) is 23.1 Å². The zero-order valence-electron chi connectivity index (χ0n) is 14.0. The van der Waals surface area contributed by atoms with Crippen LogP contribution in [0.5, 0.6) is 0 Å². The minimum absolute atomic E-state index is 0.405. The summed E-state index contributed by atoms with van der Waals surface area (Å²) in [6, 6.07) is 0.650. The van der Waals surface area contributed by atoms with Gasteiger partial charge in [0, 0.05) is 11.4 Å². The smallest absolute Gasteiger partial charge is 0.321 e. The zero-order chi connectivity index (χ0) is 17.9. The van der Waals surface area contributed by atoms with Crippen molar-refractivity contribution in [1.29, 1.82) is 0 Å². The van der Waals surface area contributed by atoms with Crippen LogP contribution in [0.2, 0.25) is 0 Å². The summed E-state index contributed by atoms with van der Waals surface area (Å²) >= 11 is 1.28. The van der Waals surface area contributed by atoms with Crippen molar-refractivity contribution in [2.75, 3.05) is 5.32 Å². The molecule has 0 saturated heterocycles. The number of thiazole rings is 1. The predicted molar refractivity (Wildman–Crippen MR) is 92.8 cm³/mol. The van der Waals surface area contributed by atoms with Crippen LogP contribution in [0.3, 0.4) is 0 Å². The molecule has 8 nitrogen and oxygen atoms in total. The van der Waals surface area contributed by atoms with E-state index in [2.05, 4.69) is 25.6 Å². The molecule has 2 rings (SSSR count). The Bertz CT molecular complexity index is 753. The number of amides is 3. The summed E-state index contributed by atoms with van der Waals surface area (Å²) in [7, 11) is 0. The summed E-state index contributed by atoms with van der Waals surface area (Å²) < 4.78 is 0. The minimum Gasteiger partial charge on any atom is -0.368 e. The van der Waals surface area contributed by atoms with E-state index in [0.717, 1.165) is 22.0 Å². The summed E-state index contributed by atoms with van der Waals surface area (Å²) in [5.74, 6) is 0.00632. The van der Waals surface area contributed by atoms with Crippen molar-refractivity contribution in [1.82, 2.24) is 20.3 Å². The molecule has 0 radical (unpaired) electrons. The maximum Gasteiger partial charge on any atom is 0.321 e. The highest BCUT2D eigenvalue weighted by atomic mass is 32.1. The van der Waals surface area contributed by atoms with Crippen LogP contribution in [0.15, 0.2) is 6.07 Å². The van der Waals surface area contributed by atoms with E-state index in [4.69, 9.17) is 5.73 Å². The van der Waals surface area contributed by atoms with E-state index in [1.165, 1.54) is 11.3 Å². The number of rotatable bonds is 5. The molecule has 2 aromatic heterocycles. The van der Waals surface area contributed by atoms with Crippen LogP contribution in [0, 0.1) is 20.8 Å². The summed E-state index contributed by atoms with van der Waals surface area (Å²) in [5, 5.41) is 5.53. The van der Waals surface area contributed by atoms with Crippen molar-refractivity contribution >= 4 is 28.4 Å². The van der Waals surface area contributed by atoms with Crippen LogP contribution in [0.4, 0.5) is 9.93 Å². The fourth-order valence-electron chi connectivity index (χ4n) is 2.15. The highest BCUT2D eigenvalue weighted by Crippen LogP contribution is 2.30. The molecule has 4 N–H and O–H groups in total. The maximum absolute atomic E-state index is 12.0. The van der Waals surface area contributed by atoms with Crippen LogP contribution in [-0.4, -0.2) is 32.9 Å². The van der Waals surface area contributed by atoms with Crippen LogP contribution in [0.25, 0.3) is 10.7 Å². The molecule has 0 spiro atoms. The molecule has 2 aromatic rings. The van der Waals surface area contributed by atoms with Gasteiger partial charge in [-0.25, -0.2) is 19.7 Å². The van der Waals surface area contributed by atoms with E-state index in [1.54, 1.807) is 6.92 Å². The van der Waals surface area contributed by atoms with E-state index >= 15 is 0 Å². The van der Waals surface area contributed by atoms with E-state index in [1.807, 2.05) is 26.8 Å². The minimum atomic E-state index is -0.715. The van der Waals surface area contributed by atoms with Crippen molar-refractivity contribution in [2.45, 2.75) is 40.2 Å². The molecule has 9 heteroatoms. The maximum atomic E-state index is 12.0. The highest BCUT2D eigenvalue weighted by Gasteiger charge is 2.18. The van der Waals surface area contributed by atoms with E-state index in [-0.39, 0.29) is 0 Å². The van der Waals surface area contributed by atoms with Gasteiger partial charge in [-0.2, -0.15) is 0 Å². The molecule has 2 heterocycles. The monoisotopic (exact) mass is 348 g/mol. The number of nitrogens with two attached hydrogens (primary N) is 1. The zero-order valence-corrected chi connectivity index (χ0v) is 14.8. The predicted octanol–water partition coefficient (Wildman–Crippen LogP) is 1.91. The SMILES string of the molecule is CCC(NC(=O)Nc1nc(C)c(-c2nc(C)cc(C)n2)s1)C(N)=O. The second-order valence-corrected chi connectivity index (χ2v) is 6.37. The number of primary amides is 1. The first kappa shape index (κ1) is 17.8. The molecule has 0 aliphatic heterocycles. The molecule has 0 aliphatic carbocycles. The first-order chi connectivity index (χ1) is 11.3. The number of urea groups is 1. The highest BCUT2D eigenvalue weighted by molar-refractivity contribution is 7.19. The molecular formula is C15H20N6O2S. The molecule has 0 fully saturated rings. The van der Waals surface area contributed by atoms with Gasteiger partial charge in [0.25, 0.3) is 0 Å². The van der Waals surface area contributed by atoms with Gasteiger partial charge in [-0.3, -0.25) is 10.1 Å². The second kappa shape index (κ2) is 7.35. The Morgan fingerprint density at radius 3 is 2.38 bits per heavy atom. The lowest BCUT2D eigenvalue weighted by Gasteiger charge is -2.12. The number of carbonyl (C=O) groups excluding carboxylic acids is 2. The third kappa shape index (κ3) is 4.25. The first-order valence-corrected chi connectivity index (χ1v) is 8.28. The molecule has 1 atom stereocenters. The Morgan fingerprint density at radius 2 is 1.83 bits per heavy atom. The van der Waals surface area contributed by atoms with E-state index < -0.39 is 18.0 Å². The topological polar surface area (TPSA) is 123 Å². The Labute approximate surface area is 143 Å². The van der Waals surface area contributed by atoms with Crippen molar-refractivity contribution in [3.63, 3.8) is 0 Å². The fourth-order valence-corrected chi connectivity index (χ4v) is 3.05. The average Bonchev–Trinajstić information content (AvgIpc) is 2.84. The van der Waals surface area contributed by atoms with Gasteiger partial charge in [-0.15, -0.1) is 0 Å². The lowest BCUT2D eigenvalue weighted by atomic mass is 10.2. The lowest BCUT2D eigenvalue weighted by Crippen LogP contribution is -2.45. The van der Waals surface area contributed by atoms with Gasteiger partial charge < -0.3 is 11.1 Å². The van der Waals surface area contributed by atoms with Crippen molar-refractivity contribution in [2.24, 2.45) is 5.73 Å². The van der Waals surface area contributed by atoms with Gasteiger partial charge in [0.05, 0.1) is 10.6 Å². The molecule has 3 amide bonds. The molecule has 1 unspecified atom stereocenters. The van der Waals surface area contributed by atoms with Gasteiger partial charge in [-0.05, 0) is 33.3 Å². The molecular weight excluding hydrogens is 328 g/mol. The quantitative estimate of drug-likeness (QED) is 0.761. The van der Waals surface area contributed by atoms with Gasteiger partial charge >= 0.3 is 6.03 Å². The Morgan fingerprint density at radius 1 is 1.21 bits per heavy atom. The summed E-state index contributed by atoms with van der Waals surface area (Å²) in [4.78, 5) is 37.1. The van der Waals surface area contributed by atoms with Crippen LogP contribution >= 0.6 is 11.3 Å². The van der Waals surface area contributed by atoms with Crippen LogP contribution < -0.4 is 16.4 Å². The van der Waals surface area contributed by atoms with E-state index in [0.29, 0.717) is 17.4 Å². The number of aryl methyl sites for hydroxylation is 3.